The van der Waals surface area contributed by atoms with E-state index in [0.717, 1.165) is 5.56 Å². The Labute approximate surface area is 73.3 Å². The van der Waals surface area contributed by atoms with Crippen LogP contribution in [0.15, 0.2) is 30.3 Å². The van der Waals surface area contributed by atoms with Gasteiger partial charge in [-0.05, 0) is 12.0 Å². The molecule has 0 aliphatic carbocycles. The molecule has 0 spiro atoms. The van der Waals surface area contributed by atoms with Crippen molar-refractivity contribution >= 4 is 5.97 Å². The van der Waals surface area contributed by atoms with Crippen LogP contribution in [-0.4, -0.2) is 11.1 Å². The lowest BCUT2D eigenvalue weighted by Gasteiger charge is -2.04. The fourth-order valence-electron chi connectivity index (χ4n) is 0.986. The van der Waals surface area contributed by atoms with Crippen molar-refractivity contribution in [1.29, 1.82) is 0 Å². The van der Waals surface area contributed by atoms with Gasteiger partial charge in [0.15, 0.2) is 0 Å². The van der Waals surface area contributed by atoms with Gasteiger partial charge < -0.3 is 5.11 Å². The molecule has 12 heavy (non-hydrogen) atoms. The summed E-state index contributed by atoms with van der Waals surface area (Å²) in [5.74, 6) is -1.47. The molecular weight excluding hydrogens is 152 g/mol. The number of carboxylic acids is 1. The van der Waals surface area contributed by atoms with E-state index in [-0.39, 0.29) is 6.90 Å². The molecule has 0 saturated heterocycles. The summed E-state index contributed by atoms with van der Waals surface area (Å²) in [4.78, 5) is 10.6. The summed E-state index contributed by atoms with van der Waals surface area (Å²) < 4.78 is 7.06. The number of benzene rings is 1. The number of aliphatic carboxylic acids is 1. The minimum absolute atomic E-state index is 0.0653. The molecule has 1 aromatic carbocycles. The van der Waals surface area contributed by atoms with E-state index in [1.807, 2.05) is 30.3 Å². The Kier molecular flexibility index (Phi) is 2.39. The van der Waals surface area contributed by atoms with Crippen molar-refractivity contribution in [3.05, 3.63) is 35.9 Å². The molecule has 0 heterocycles. The van der Waals surface area contributed by atoms with Crippen LogP contribution in [0.5, 0.6) is 0 Å². The minimum atomic E-state index is -0.890. The summed E-state index contributed by atoms with van der Waals surface area (Å²) in [5.41, 5.74) is 0.974. The second-order valence-corrected chi connectivity index (χ2v) is 2.72. The van der Waals surface area contributed by atoms with E-state index in [1.54, 1.807) is 0 Å². The first kappa shape index (κ1) is 7.35. The highest BCUT2D eigenvalue weighted by Gasteiger charge is 2.10. The molecule has 0 aromatic heterocycles. The molecule has 0 amide bonds. The minimum Gasteiger partial charge on any atom is -0.481 e. The van der Waals surface area contributed by atoms with Crippen LogP contribution in [-0.2, 0) is 11.2 Å². The highest BCUT2D eigenvalue weighted by atomic mass is 16.4. The van der Waals surface area contributed by atoms with Crippen molar-refractivity contribution in [3.63, 3.8) is 0 Å². The Hall–Kier alpha value is -1.31. The first-order valence-electron chi connectivity index (χ1n) is 4.50. The second kappa shape index (κ2) is 3.90. The number of carbonyl (C=O) groups is 1. The molecule has 1 aromatic rings. The fraction of sp³-hybridized carbons (Fsp3) is 0.300. The van der Waals surface area contributed by atoms with E-state index in [9.17, 15) is 4.79 Å². The third-order valence-corrected chi connectivity index (χ3v) is 1.67. The van der Waals surface area contributed by atoms with Crippen LogP contribution >= 0.6 is 0 Å². The predicted octanol–water partition coefficient (Wildman–Crippen LogP) is 1.95. The zero-order chi connectivity index (χ0) is 9.68. The molecule has 0 aliphatic heterocycles. The van der Waals surface area contributed by atoms with Crippen LogP contribution in [0.1, 0.15) is 13.8 Å². The maximum atomic E-state index is 10.6. The van der Waals surface area contributed by atoms with Crippen LogP contribution < -0.4 is 0 Å². The van der Waals surface area contributed by atoms with Gasteiger partial charge >= 0.3 is 5.97 Å². The number of carboxylic acid groups (broad SMARTS) is 1. The van der Waals surface area contributed by atoms with Gasteiger partial charge in [0.2, 0.25) is 0 Å². The van der Waals surface area contributed by atoms with Crippen LogP contribution in [0.2, 0.25) is 0 Å². The standard InChI is InChI=1S/C10H12O2/c1-8(10(11)12)7-9-5-3-2-4-6-9/h2-6,8H,7H2,1H3,(H,11,12)/i1D. The Bertz CT molecular complexity index is 272. The summed E-state index contributed by atoms with van der Waals surface area (Å²) >= 11 is 0. The Morgan fingerprint density at radius 1 is 1.58 bits per heavy atom. The van der Waals surface area contributed by atoms with Gasteiger partial charge in [-0.3, -0.25) is 4.79 Å². The number of hydrogen-bond acceptors (Lipinski definition) is 1. The fourth-order valence-corrected chi connectivity index (χ4v) is 0.986. The molecule has 0 saturated carbocycles. The monoisotopic (exact) mass is 165 g/mol. The van der Waals surface area contributed by atoms with Gasteiger partial charge in [-0.15, -0.1) is 0 Å². The molecule has 0 bridgehead atoms. The Morgan fingerprint density at radius 2 is 2.25 bits per heavy atom. The van der Waals surface area contributed by atoms with Gasteiger partial charge in [0.1, 0.15) is 0 Å². The lowest BCUT2D eigenvalue weighted by Crippen LogP contribution is -2.11. The van der Waals surface area contributed by atoms with E-state index in [2.05, 4.69) is 0 Å². The average molecular weight is 165 g/mol. The average Bonchev–Trinajstić information content (AvgIpc) is 2.15. The highest BCUT2D eigenvalue weighted by molar-refractivity contribution is 5.69. The largest absolute Gasteiger partial charge is 0.481 e. The van der Waals surface area contributed by atoms with Crippen molar-refractivity contribution in [3.8, 4) is 0 Å². The normalized spacial score (nSPS) is 13.5. The molecule has 0 aliphatic rings. The zero-order valence-electron chi connectivity index (χ0n) is 7.73. The molecule has 1 rings (SSSR count). The van der Waals surface area contributed by atoms with Crippen molar-refractivity contribution in [2.75, 3.05) is 0 Å². The van der Waals surface area contributed by atoms with Gasteiger partial charge in [-0.1, -0.05) is 37.2 Å². The van der Waals surface area contributed by atoms with Crippen LogP contribution in [0.25, 0.3) is 0 Å². The number of rotatable bonds is 3. The van der Waals surface area contributed by atoms with E-state index in [0.29, 0.717) is 6.42 Å². The number of hydrogen-bond donors (Lipinski definition) is 1. The lowest BCUT2D eigenvalue weighted by atomic mass is 10.0. The van der Waals surface area contributed by atoms with Crippen LogP contribution in [0.4, 0.5) is 0 Å². The van der Waals surface area contributed by atoms with E-state index in [4.69, 9.17) is 6.48 Å². The quantitative estimate of drug-likeness (QED) is 0.743. The molecule has 0 fully saturated rings. The van der Waals surface area contributed by atoms with Crippen molar-refractivity contribution in [2.24, 2.45) is 5.92 Å². The van der Waals surface area contributed by atoms with E-state index < -0.39 is 11.9 Å². The molecule has 2 heteroatoms. The summed E-state index contributed by atoms with van der Waals surface area (Å²) in [6.45, 7) is -0.0653. The molecule has 64 valence electrons. The summed E-state index contributed by atoms with van der Waals surface area (Å²) in [6, 6.07) is 9.40. The van der Waals surface area contributed by atoms with Gasteiger partial charge in [-0.25, -0.2) is 0 Å². The van der Waals surface area contributed by atoms with Crippen LogP contribution in [0, 0.1) is 5.92 Å². The molecule has 1 unspecified atom stereocenters. The molecule has 2 nitrogen and oxygen atoms in total. The lowest BCUT2D eigenvalue weighted by molar-refractivity contribution is -0.141. The van der Waals surface area contributed by atoms with E-state index >= 15 is 0 Å². The molecule has 1 N–H and O–H groups in total. The van der Waals surface area contributed by atoms with Crippen molar-refractivity contribution in [1.82, 2.24) is 0 Å². The highest BCUT2D eigenvalue weighted by Crippen LogP contribution is 2.07. The predicted molar refractivity (Wildman–Crippen MR) is 46.9 cm³/mol. The Morgan fingerprint density at radius 3 is 2.75 bits per heavy atom. The second-order valence-electron chi connectivity index (χ2n) is 2.72. The van der Waals surface area contributed by atoms with Gasteiger partial charge in [0, 0.05) is 1.37 Å². The molecular formula is C10H12O2. The zero-order valence-corrected chi connectivity index (χ0v) is 6.73. The smallest absolute Gasteiger partial charge is 0.306 e. The topological polar surface area (TPSA) is 37.3 Å². The SMILES string of the molecule is [2H]CC(Cc1ccccc1)C(=O)O. The van der Waals surface area contributed by atoms with Gasteiger partial charge in [0.25, 0.3) is 0 Å². The van der Waals surface area contributed by atoms with Crippen LogP contribution in [0.3, 0.4) is 0 Å². The maximum absolute atomic E-state index is 10.6. The van der Waals surface area contributed by atoms with Crippen molar-refractivity contribution in [2.45, 2.75) is 13.3 Å². The van der Waals surface area contributed by atoms with Gasteiger partial charge in [-0.2, -0.15) is 0 Å². The molecule has 1 atom stereocenters. The Balaban J connectivity index is 2.62. The maximum Gasteiger partial charge on any atom is 0.306 e. The first-order chi connectivity index (χ1) is 6.24. The molecule has 0 radical (unpaired) electrons. The summed E-state index contributed by atoms with van der Waals surface area (Å²) in [6.07, 6.45) is 0.444. The third-order valence-electron chi connectivity index (χ3n) is 1.67. The summed E-state index contributed by atoms with van der Waals surface area (Å²) in [7, 11) is 0. The summed E-state index contributed by atoms with van der Waals surface area (Å²) in [5, 5.41) is 8.71. The van der Waals surface area contributed by atoms with Crippen molar-refractivity contribution < 1.29 is 11.3 Å². The third kappa shape index (κ3) is 2.38. The van der Waals surface area contributed by atoms with E-state index in [1.165, 1.54) is 0 Å². The first-order valence-corrected chi connectivity index (χ1v) is 3.80. The van der Waals surface area contributed by atoms with Gasteiger partial charge in [0.05, 0.1) is 5.92 Å².